The fourth-order valence-corrected chi connectivity index (χ4v) is 12.3. The van der Waals surface area contributed by atoms with Gasteiger partial charge in [-0.2, -0.15) is 5.26 Å². The lowest BCUT2D eigenvalue weighted by molar-refractivity contribution is 1.07. The Morgan fingerprint density at radius 1 is 0.269 bits per heavy atom. The van der Waals surface area contributed by atoms with Crippen molar-refractivity contribution in [2.75, 3.05) is 0 Å². The van der Waals surface area contributed by atoms with Crippen molar-refractivity contribution in [1.82, 2.24) is 15.0 Å². The third-order valence-electron chi connectivity index (χ3n) is 16.2. The van der Waals surface area contributed by atoms with Crippen molar-refractivity contribution >= 4 is 21.5 Å². The van der Waals surface area contributed by atoms with Gasteiger partial charge in [0.15, 0.2) is 17.5 Å². The van der Waals surface area contributed by atoms with Gasteiger partial charge >= 0.3 is 0 Å². The zero-order chi connectivity index (χ0) is 52.0. The van der Waals surface area contributed by atoms with E-state index in [9.17, 15) is 5.26 Å². The highest BCUT2D eigenvalue weighted by Crippen LogP contribution is 2.54. The Balaban J connectivity index is 0.750. The largest absolute Gasteiger partial charge is 0.208 e. The number of nitrogens with zero attached hydrogens (tertiary/aromatic N) is 4. The van der Waals surface area contributed by atoms with Crippen LogP contribution in [0, 0.1) is 25.2 Å². The molecule has 2 aliphatic carbocycles. The van der Waals surface area contributed by atoms with E-state index < -0.39 is 0 Å². The van der Waals surface area contributed by atoms with Crippen molar-refractivity contribution in [3.8, 4) is 140 Å². The van der Waals surface area contributed by atoms with E-state index in [4.69, 9.17) is 15.0 Å². The van der Waals surface area contributed by atoms with Gasteiger partial charge in [-0.15, -0.1) is 0 Å². The first-order valence-corrected chi connectivity index (χ1v) is 26.5. The Labute approximate surface area is 453 Å². The summed E-state index contributed by atoms with van der Waals surface area (Å²) in [5.74, 6) is 1.76. The van der Waals surface area contributed by atoms with Crippen LogP contribution < -0.4 is 0 Å². The van der Waals surface area contributed by atoms with Crippen LogP contribution in [0.2, 0.25) is 0 Å². The van der Waals surface area contributed by atoms with E-state index in [0.29, 0.717) is 23.0 Å². The fourth-order valence-electron chi connectivity index (χ4n) is 12.3. The van der Waals surface area contributed by atoms with E-state index in [-0.39, 0.29) is 0 Å². The smallest absolute Gasteiger partial charge is 0.164 e. The molecular formula is C74H46N4. The van der Waals surface area contributed by atoms with E-state index in [2.05, 4.69) is 214 Å². The van der Waals surface area contributed by atoms with Gasteiger partial charge in [0.2, 0.25) is 0 Å². The van der Waals surface area contributed by atoms with Crippen LogP contribution in [0.4, 0.5) is 0 Å². The lowest BCUT2D eigenvalue weighted by Gasteiger charge is -2.18. The normalized spacial score (nSPS) is 11.7. The molecule has 0 saturated carbocycles. The summed E-state index contributed by atoms with van der Waals surface area (Å²) in [7, 11) is 0. The first-order valence-electron chi connectivity index (χ1n) is 26.5. The van der Waals surface area contributed by atoms with Crippen LogP contribution >= 0.6 is 0 Å². The number of nitriles is 1. The molecule has 0 atom stereocenters. The predicted octanol–water partition coefficient (Wildman–Crippen LogP) is 19.3. The molecular weight excluding hydrogens is 945 g/mol. The molecule has 0 radical (unpaired) electrons. The molecule has 0 bridgehead atoms. The van der Waals surface area contributed by atoms with Crippen LogP contribution in [0.3, 0.4) is 0 Å². The average molecular weight is 991 g/mol. The molecule has 12 aromatic carbocycles. The number of aromatic nitrogens is 3. The van der Waals surface area contributed by atoms with Crippen molar-refractivity contribution < 1.29 is 0 Å². The topological polar surface area (TPSA) is 62.5 Å². The summed E-state index contributed by atoms with van der Waals surface area (Å²) in [6.45, 7) is 4.42. The van der Waals surface area contributed by atoms with Gasteiger partial charge in [0.05, 0.1) is 11.6 Å². The van der Waals surface area contributed by atoms with Crippen molar-refractivity contribution in [3.63, 3.8) is 0 Å². The monoisotopic (exact) mass is 990 g/mol. The maximum atomic E-state index is 10.8. The highest BCUT2D eigenvalue weighted by Gasteiger charge is 2.27. The van der Waals surface area contributed by atoms with Gasteiger partial charge in [-0.25, -0.2) is 15.0 Å². The number of aryl methyl sites for hydroxylation is 2. The second kappa shape index (κ2) is 17.9. The first kappa shape index (κ1) is 45.1. The SMILES string of the molecule is Cc1cc2c(cc1C)-c1c(-c3ccccc3-c3ccccc3-c3ccc(-c4ccc(-c5nc(-c6ccccc6)nc(-c6ccc(-c7ccc8c(c7)-c7cccc9cccc-8c79)cc6)n5)cc4)c(C#N)c3)ccc3cccc-2c13. The van der Waals surface area contributed by atoms with E-state index in [1.807, 2.05) is 48.5 Å². The third kappa shape index (κ3) is 7.24. The van der Waals surface area contributed by atoms with E-state index in [1.54, 1.807) is 0 Å². The minimum atomic E-state index is 0.571. The lowest BCUT2D eigenvalue weighted by Crippen LogP contribution is -2.00. The minimum absolute atomic E-state index is 0.571. The summed E-state index contributed by atoms with van der Waals surface area (Å²) in [6.07, 6.45) is 0. The molecule has 0 saturated heterocycles. The van der Waals surface area contributed by atoms with Gasteiger partial charge < -0.3 is 0 Å². The summed E-state index contributed by atoms with van der Waals surface area (Å²) in [5, 5.41) is 16.0. The molecule has 0 unspecified atom stereocenters. The summed E-state index contributed by atoms with van der Waals surface area (Å²) in [4.78, 5) is 15.2. The van der Waals surface area contributed by atoms with Crippen LogP contribution in [-0.2, 0) is 0 Å². The first-order chi connectivity index (χ1) is 38.4. The molecule has 1 heterocycles. The Morgan fingerprint density at radius 3 is 1.33 bits per heavy atom. The zero-order valence-corrected chi connectivity index (χ0v) is 42.9. The number of hydrogen-bond acceptors (Lipinski definition) is 4. The van der Waals surface area contributed by atoms with E-state index in [0.717, 1.165) is 61.2 Å². The molecule has 362 valence electrons. The van der Waals surface area contributed by atoms with Gasteiger partial charge in [-0.3, -0.25) is 0 Å². The fraction of sp³-hybridized carbons (Fsp3) is 0.0270. The number of benzene rings is 12. The second-order valence-corrected chi connectivity index (χ2v) is 20.6. The maximum Gasteiger partial charge on any atom is 0.164 e. The molecule has 0 N–H and O–H groups in total. The molecule has 15 rings (SSSR count). The molecule has 2 aliphatic rings. The second-order valence-electron chi connectivity index (χ2n) is 20.6. The van der Waals surface area contributed by atoms with Crippen molar-refractivity contribution in [2.45, 2.75) is 13.8 Å². The van der Waals surface area contributed by atoms with Gasteiger partial charge in [-0.05, 0) is 159 Å². The van der Waals surface area contributed by atoms with Crippen molar-refractivity contribution in [2.24, 2.45) is 0 Å². The molecule has 78 heavy (non-hydrogen) atoms. The van der Waals surface area contributed by atoms with Gasteiger partial charge in [0.25, 0.3) is 0 Å². The van der Waals surface area contributed by atoms with E-state index >= 15 is 0 Å². The molecule has 0 aliphatic heterocycles. The van der Waals surface area contributed by atoms with E-state index in [1.165, 1.54) is 88.3 Å². The van der Waals surface area contributed by atoms with Crippen molar-refractivity contribution in [1.29, 1.82) is 5.26 Å². The molecule has 4 heteroatoms. The van der Waals surface area contributed by atoms with Crippen LogP contribution in [-0.4, -0.2) is 15.0 Å². The zero-order valence-electron chi connectivity index (χ0n) is 42.9. The Morgan fingerprint density at radius 2 is 0.692 bits per heavy atom. The minimum Gasteiger partial charge on any atom is -0.208 e. The highest BCUT2D eigenvalue weighted by atomic mass is 15.0. The maximum absolute atomic E-state index is 10.8. The quantitative estimate of drug-likeness (QED) is 0.152. The van der Waals surface area contributed by atoms with Gasteiger partial charge in [0.1, 0.15) is 0 Å². The van der Waals surface area contributed by atoms with Crippen molar-refractivity contribution in [3.05, 3.63) is 259 Å². The number of rotatable bonds is 8. The van der Waals surface area contributed by atoms with Crippen LogP contribution in [0.25, 0.3) is 156 Å². The average Bonchev–Trinajstić information content (AvgIpc) is 4.22. The highest BCUT2D eigenvalue weighted by molar-refractivity contribution is 6.20. The Kier molecular flexibility index (Phi) is 10.4. The molecule has 0 fully saturated rings. The summed E-state index contributed by atoms with van der Waals surface area (Å²) in [5.41, 5.74) is 26.9. The molecule has 4 nitrogen and oxygen atoms in total. The van der Waals surface area contributed by atoms with Crippen LogP contribution in [0.5, 0.6) is 0 Å². The number of fused-ring (bicyclic) bond motifs is 6. The third-order valence-corrected chi connectivity index (χ3v) is 16.2. The lowest BCUT2D eigenvalue weighted by atomic mass is 9.85. The summed E-state index contributed by atoms with van der Waals surface area (Å²) < 4.78 is 0. The molecule has 1 aromatic heterocycles. The molecule has 0 spiro atoms. The number of hydrogen-bond donors (Lipinski definition) is 0. The Hall–Kier alpha value is -10.3. The molecule has 13 aromatic rings. The Bertz CT molecular complexity index is 4670. The van der Waals surface area contributed by atoms with Crippen LogP contribution in [0.1, 0.15) is 16.7 Å². The molecule has 0 amide bonds. The van der Waals surface area contributed by atoms with Gasteiger partial charge in [0, 0.05) is 16.7 Å². The van der Waals surface area contributed by atoms with Gasteiger partial charge in [-0.1, -0.05) is 231 Å². The van der Waals surface area contributed by atoms with Crippen LogP contribution in [0.15, 0.2) is 243 Å². The predicted molar refractivity (Wildman–Crippen MR) is 321 cm³/mol. The standard InChI is InChI=1S/C74H46N4/c1-44-39-66-64-24-12-17-49-33-38-65(71(70(49)64)68(66)40-45(44)2)60-21-9-8-20-59(60)58-19-7-6-18-57(58)54-35-36-56(55(41-54)43-75)47-27-31-52(32-28-47)74-77-72(50-13-4-3-5-14-50)76-73(78-74)51-29-25-46(26-30-51)53-34-37-61-62-22-10-15-48-16-11-23-63(69(48)62)67(61)42-53/h3-42H,1-2H3. The summed E-state index contributed by atoms with van der Waals surface area (Å²) in [6, 6.07) is 88.9. The summed E-state index contributed by atoms with van der Waals surface area (Å²) >= 11 is 0.